The molecule has 1 aromatic carbocycles. The molecule has 0 bridgehead atoms. The Balaban J connectivity index is 2.62. The van der Waals surface area contributed by atoms with Crippen molar-refractivity contribution in [3.63, 3.8) is 0 Å². The largest absolute Gasteiger partial charge is 0.478 e. The van der Waals surface area contributed by atoms with Crippen LogP contribution in [0.1, 0.15) is 15.9 Å². The predicted octanol–water partition coefficient (Wildman–Crippen LogP) is 4.12. The number of benzene rings is 1. The third-order valence-corrected chi connectivity index (χ3v) is 2.77. The Morgan fingerprint density at radius 3 is 2.50 bits per heavy atom. The molecule has 2 rings (SSSR count). The number of carboxylic acid groups (broad SMARTS) is 1. The Kier molecular flexibility index (Phi) is 3.67. The lowest BCUT2D eigenvalue weighted by atomic mass is 10.0. The zero-order chi connectivity index (χ0) is 14.9. The second kappa shape index (κ2) is 5.13. The van der Waals surface area contributed by atoms with Gasteiger partial charge in [-0.2, -0.15) is 13.2 Å². The fraction of sp³-hybridized carbons (Fsp3) is 0.0769. The van der Waals surface area contributed by atoms with Crippen LogP contribution in [-0.4, -0.2) is 16.1 Å². The number of alkyl halides is 3. The van der Waals surface area contributed by atoms with E-state index in [1.54, 1.807) is 0 Å². The lowest BCUT2D eigenvalue weighted by Gasteiger charge is -2.10. The highest BCUT2D eigenvalue weighted by Crippen LogP contribution is 2.32. The van der Waals surface area contributed by atoms with Gasteiger partial charge in [0.05, 0.1) is 16.8 Å². The number of halogens is 4. The van der Waals surface area contributed by atoms with Gasteiger partial charge in [-0.15, -0.1) is 0 Å². The molecule has 0 aliphatic heterocycles. The summed E-state index contributed by atoms with van der Waals surface area (Å²) in [6.45, 7) is 0. The molecule has 0 amide bonds. The van der Waals surface area contributed by atoms with E-state index in [-0.39, 0.29) is 22.0 Å². The number of pyridine rings is 1. The van der Waals surface area contributed by atoms with Crippen LogP contribution in [0.5, 0.6) is 0 Å². The van der Waals surface area contributed by atoms with E-state index in [1.165, 1.54) is 24.3 Å². The van der Waals surface area contributed by atoms with Crippen LogP contribution >= 0.6 is 11.6 Å². The van der Waals surface area contributed by atoms with Gasteiger partial charge in [0.1, 0.15) is 5.15 Å². The molecule has 0 radical (unpaired) electrons. The van der Waals surface area contributed by atoms with Crippen LogP contribution in [0.25, 0.3) is 11.3 Å². The molecule has 0 spiro atoms. The summed E-state index contributed by atoms with van der Waals surface area (Å²) < 4.78 is 38.0. The van der Waals surface area contributed by atoms with E-state index in [0.29, 0.717) is 0 Å². The molecule has 0 unspecified atom stereocenters. The maximum atomic E-state index is 12.7. The first kappa shape index (κ1) is 14.3. The van der Waals surface area contributed by atoms with Gasteiger partial charge >= 0.3 is 12.1 Å². The molecule has 0 saturated heterocycles. The van der Waals surface area contributed by atoms with Crippen molar-refractivity contribution >= 4 is 17.6 Å². The number of carbonyl (C=O) groups is 1. The fourth-order valence-electron chi connectivity index (χ4n) is 1.67. The van der Waals surface area contributed by atoms with Gasteiger partial charge in [-0.3, -0.25) is 0 Å². The van der Waals surface area contributed by atoms with E-state index in [1.807, 2.05) is 0 Å². The first-order chi connectivity index (χ1) is 9.29. The smallest absolute Gasteiger partial charge is 0.416 e. The summed E-state index contributed by atoms with van der Waals surface area (Å²) in [7, 11) is 0. The highest BCUT2D eigenvalue weighted by molar-refractivity contribution is 6.29. The van der Waals surface area contributed by atoms with E-state index in [0.717, 1.165) is 12.1 Å². The SMILES string of the molecule is O=C(O)c1ccc(Cl)nc1-c1cccc(C(F)(F)F)c1. The predicted molar refractivity (Wildman–Crippen MR) is 66.6 cm³/mol. The van der Waals surface area contributed by atoms with Crippen LogP contribution in [0.3, 0.4) is 0 Å². The van der Waals surface area contributed by atoms with E-state index in [9.17, 15) is 18.0 Å². The van der Waals surface area contributed by atoms with Gasteiger partial charge in [0.25, 0.3) is 0 Å². The van der Waals surface area contributed by atoms with E-state index in [2.05, 4.69) is 4.98 Å². The molecule has 0 fully saturated rings. The van der Waals surface area contributed by atoms with Crippen LogP contribution in [0.15, 0.2) is 36.4 Å². The molecule has 1 heterocycles. The summed E-state index contributed by atoms with van der Waals surface area (Å²) in [6, 6.07) is 6.74. The van der Waals surface area contributed by atoms with Gasteiger partial charge in [0.15, 0.2) is 0 Å². The van der Waals surface area contributed by atoms with Crippen molar-refractivity contribution in [3.8, 4) is 11.3 Å². The Bertz CT molecular complexity index is 671. The third kappa shape index (κ3) is 2.91. The fourth-order valence-corrected chi connectivity index (χ4v) is 1.82. The van der Waals surface area contributed by atoms with Crippen molar-refractivity contribution in [3.05, 3.63) is 52.7 Å². The Morgan fingerprint density at radius 1 is 1.20 bits per heavy atom. The second-order valence-electron chi connectivity index (χ2n) is 3.91. The lowest BCUT2D eigenvalue weighted by Crippen LogP contribution is -2.06. The minimum atomic E-state index is -4.52. The number of carboxylic acids is 1. The van der Waals surface area contributed by atoms with Crippen LogP contribution in [-0.2, 0) is 6.18 Å². The summed E-state index contributed by atoms with van der Waals surface area (Å²) in [4.78, 5) is 14.9. The van der Waals surface area contributed by atoms with Crippen molar-refractivity contribution in [2.45, 2.75) is 6.18 Å². The quantitative estimate of drug-likeness (QED) is 0.849. The van der Waals surface area contributed by atoms with E-state index in [4.69, 9.17) is 16.7 Å². The molecule has 7 heteroatoms. The molecule has 0 aliphatic rings. The molecule has 2 aromatic rings. The van der Waals surface area contributed by atoms with Crippen LogP contribution in [0.4, 0.5) is 13.2 Å². The first-order valence-corrected chi connectivity index (χ1v) is 5.74. The molecular formula is C13H7ClF3NO2. The molecule has 20 heavy (non-hydrogen) atoms. The molecule has 0 saturated carbocycles. The maximum Gasteiger partial charge on any atom is 0.416 e. The molecule has 0 aliphatic carbocycles. The van der Waals surface area contributed by atoms with Crippen molar-refractivity contribution in [2.24, 2.45) is 0 Å². The first-order valence-electron chi connectivity index (χ1n) is 5.36. The Labute approximate surface area is 116 Å². The Morgan fingerprint density at radius 2 is 1.90 bits per heavy atom. The minimum Gasteiger partial charge on any atom is -0.478 e. The number of aromatic nitrogens is 1. The number of hydrogen-bond acceptors (Lipinski definition) is 2. The highest BCUT2D eigenvalue weighted by atomic mass is 35.5. The average molecular weight is 302 g/mol. The van der Waals surface area contributed by atoms with Gasteiger partial charge in [0.2, 0.25) is 0 Å². The molecule has 3 nitrogen and oxygen atoms in total. The van der Waals surface area contributed by atoms with E-state index >= 15 is 0 Å². The zero-order valence-corrected chi connectivity index (χ0v) is 10.5. The second-order valence-corrected chi connectivity index (χ2v) is 4.30. The standard InChI is InChI=1S/C13H7ClF3NO2/c14-10-5-4-9(12(19)20)11(18-10)7-2-1-3-8(6-7)13(15,16)17/h1-6H,(H,19,20). The lowest BCUT2D eigenvalue weighted by molar-refractivity contribution is -0.137. The van der Waals surface area contributed by atoms with Crippen molar-refractivity contribution < 1.29 is 23.1 Å². The summed E-state index contributed by atoms with van der Waals surface area (Å²) in [5, 5.41) is 9.04. The van der Waals surface area contributed by atoms with Crippen molar-refractivity contribution in [1.82, 2.24) is 4.98 Å². The number of rotatable bonds is 2. The summed E-state index contributed by atoms with van der Waals surface area (Å²) in [6.07, 6.45) is -4.52. The third-order valence-electron chi connectivity index (χ3n) is 2.56. The summed E-state index contributed by atoms with van der Waals surface area (Å²) in [5.41, 5.74) is -1.15. The maximum absolute atomic E-state index is 12.7. The van der Waals surface area contributed by atoms with Crippen molar-refractivity contribution in [2.75, 3.05) is 0 Å². The molecule has 1 aromatic heterocycles. The molecule has 1 N–H and O–H groups in total. The van der Waals surface area contributed by atoms with Crippen molar-refractivity contribution in [1.29, 1.82) is 0 Å². The number of hydrogen-bond donors (Lipinski definition) is 1. The number of nitrogens with zero attached hydrogens (tertiary/aromatic N) is 1. The average Bonchev–Trinajstić information content (AvgIpc) is 2.37. The monoisotopic (exact) mass is 301 g/mol. The van der Waals surface area contributed by atoms with Gasteiger partial charge in [-0.05, 0) is 24.3 Å². The highest BCUT2D eigenvalue weighted by Gasteiger charge is 2.30. The molecule has 0 atom stereocenters. The van der Waals surface area contributed by atoms with Crippen LogP contribution < -0.4 is 0 Å². The van der Waals surface area contributed by atoms with E-state index < -0.39 is 17.7 Å². The zero-order valence-electron chi connectivity index (χ0n) is 9.78. The molecule has 104 valence electrons. The summed E-state index contributed by atoms with van der Waals surface area (Å²) >= 11 is 5.67. The van der Waals surface area contributed by atoms with Crippen LogP contribution in [0.2, 0.25) is 5.15 Å². The van der Waals surface area contributed by atoms with Gasteiger partial charge in [-0.1, -0.05) is 23.7 Å². The van der Waals surface area contributed by atoms with Crippen LogP contribution in [0, 0.1) is 0 Å². The van der Waals surface area contributed by atoms with Gasteiger partial charge < -0.3 is 5.11 Å². The topological polar surface area (TPSA) is 50.2 Å². The summed E-state index contributed by atoms with van der Waals surface area (Å²) in [5.74, 6) is -1.29. The minimum absolute atomic E-state index is 0.00223. The molecular weight excluding hydrogens is 295 g/mol. The Hall–Kier alpha value is -2.08. The van der Waals surface area contributed by atoms with Gasteiger partial charge in [0, 0.05) is 5.56 Å². The normalized spacial score (nSPS) is 11.4. The number of aromatic carboxylic acids is 1. The van der Waals surface area contributed by atoms with Gasteiger partial charge in [-0.25, -0.2) is 9.78 Å².